The summed E-state index contributed by atoms with van der Waals surface area (Å²) < 4.78 is 15.4. The lowest BCUT2D eigenvalue weighted by atomic mass is 9.70. The smallest absolute Gasteiger partial charge is 0.339 e. The van der Waals surface area contributed by atoms with Gasteiger partial charge >= 0.3 is 23.9 Å². The third-order valence-electron chi connectivity index (χ3n) is 8.67. The lowest BCUT2D eigenvalue weighted by molar-refractivity contribution is -0.153. The van der Waals surface area contributed by atoms with Gasteiger partial charge in [0.2, 0.25) is 0 Å². The van der Waals surface area contributed by atoms with E-state index in [1.807, 2.05) is 6.08 Å². The summed E-state index contributed by atoms with van der Waals surface area (Å²) in [5.41, 5.74) is 3.42. The number of rotatable bonds is 18. The molecule has 1 saturated carbocycles. The van der Waals surface area contributed by atoms with Gasteiger partial charge in [0.25, 0.3) is 0 Å². The first-order valence-corrected chi connectivity index (χ1v) is 17.3. The second-order valence-corrected chi connectivity index (χ2v) is 12.7. The molecule has 1 heterocycles. The first kappa shape index (κ1) is 38.0. The van der Waals surface area contributed by atoms with Crippen molar-refractivity contribution >= 4 is 23.9 Å². The van der Waals surface area contributed by atoms with Crippen molar-refractivity contribution in [1.82, 2.24) is 0 Å². The maximum Gasteiger partial charge on any atom is 0.339 e. The average molecular weight is 625 g/mol. The highest BCUT2D eigenvalue weighted by atomic mass is 16.6. The van der Waals surface area contributed by atoms with Crippen LogP contribution in [0.4, 0.5) is 0 Å². The monoisotopic (exact) mass is 624 g/mol. The van der Waals surface area contributed by atoms with Gasteiger partial charge < -0.3 is 14.2 Å². The molecular weight excluding hydrogens is 568 g/mol. The lowest BCUT2D eigenvalue weighted by Crippen LogP contribution is -2.28. The zero-order valence-electron chi connectivity index (χ0n) is 28.0. The van der Waals surface area contributed by atoms with Gasteiger partial charge in [-0.15, -0.1) is 5.73 Å². The molecule has 7 heteroatoms. The summed E-state index contributed by atoms with van der Waals surface area (Å²) in [6.07, 6.45) is 19.0. The highest BCUT2D eigenvalue weighted by Crippen LogP contribution is 2.40. The first-order chi connectivity index (χ1) is 21.8. The first-order valence-electron chi connectivity index (χ1n) is 17.3. The van der Waals surface area contributed by atoms with Crippen LogP contribution in [-0.4, -0.2) is 37.1 Å². The molecule has 0 spiro atoms. The van der Waals surface area contributed by atoms with Crippen LogP contribution >= 0.6 is 0 Å². The Balaban J connectivity index is 0.000000351. The highest BCUT2D eigenvalue weighted by molar-refractivity contribution is 6.03. The standard InChI is InChI=1S/C24H38O4.C14H18O3/c1-3-5-7-9-11-15-19-27-23(25)21-17-13-14-18-22(21)24(26)28-20-16-12-10-8-6-4-2;1-3-4-10-5-9(2)6-11(7-10)12-8-13(15)17-14(12)16/h13-14,17-18H,3-12,15-16,19-20H2,1-2H3;4,9-12H,1,5-8H2,2H3. The summed E-state index contributed by atoms with van der Waals surface area (Å²) in [5.74, 6) is -0.513. The minimum Gasteiger partial charge on any atom is -0.462 e. The van der Waals surface area contributed by atoms with Crippen LogP contribution in [0.1, 0.15) is 144 Å². The molecule has 1 aromatic rings. The molecule has 0 amide bonds. The Kier molecular flexibility index (Phi) is 18.9. The van der Waals surface area contributed by atoms with Crippen LogP contribution in [0.2, 0.25) is 0 Å². The summed E-state index contributed by atoms with van der Waals surface area (Å²) in [6.45, 7) is 11.0. The third-order valence-corrected chi connectivity index (χ3v) is 8.67. The van der Waals surface area contributed by atoms with Crippen molar-refractivity contribution in [3.05, 3.63) is 53.8 Å². The van der Waals surface area contributed by atoms with E-state index >= 15 is 0 Å². The van der Waals surface area contributed by atoms with Gasteiger partial charge in [0.1, 0.15) is 0 Å². The summed E-state index contributed by atoms with van der Waals surface area (Å²) in [4.78, 5) is 47.4. The molecule has 2 fully saturated rings. The number of cyclic esters (lactones) is 2. The Morgan fingerprint density at radius 3 is 1.80 bits per heavy atom. The molecular formula is C38H56O7. The number of carbonyl (C=O) groups excluding carboxylic acids is 4. The van der Waals surface area contributed by atoms with Crippen LogP contribution in [0.5, 0.6) is 0 Å². The Labute approximate surface area is 271 Å². The number of unbranched alkanes of at least 4 members (excludes halogenated alkanes) is 10. The fourth-order valence-corrected chi connectivity index (χ4v) is 6.28. The Bertz CT molecular complexity index is 1050. The van der Waals surface area contributed by atoms with E-state index in [2.05, 4.69) is 37.8 Å². The summed E-state index contributed by atoms with van der Waals surface area (Å²) in [5, 5.41) is 0. The minimum atomic E-state index is -0.444. The molecule has 1 aliphatic carbocycles. The maximum absolute atomic E-state index is 12.4. The third kappa shape index (κ3) is 14.6. The molecule has 250 valence electrons. The van der Waals surface area contributed by atoms with Crippen LogP contribution in [-0.2, 0) is 23.8 Å². The normalized spacial score (nSPS) is 20.8. The molecule has 2 aliphatic rings. The number of esters is 4. The summed E-state index contributed by atoms with van der Waals surface area (Å²) in [6, 6.07) is 6.74. The number of carbonyl (C=O) groups is 4. The van der Waals surface area contributed by atoms with Gasteiger partial charge in [0.15, 0.2) is 0 Å². The highest BCUT2D eigenvalue weighted by Gasteiger charge is 2.41. The van der Waals surface area contributed by atoms with E-state index < -0.39 is 11.9 Å². The topological polar surface area (TPSA) is 96.0 Å². The second kappa shape index (κ2) is 22.3. The van der Waals surface area contributed by atoms with Gasteiger partial charge in [-0.2, -0.15) is 0 Å². The quantitative estimate of drug-likeness (QED) is 0.0528. The largest absolute Gasteiger partial charge is 0.462 e. The van der Waals surface area contributed by atoms with E-state index in [9.17, 15) is 19.2 Å². The van der Waals surface area contributed by atoms with Crippen LogP contribution < -0.4 is 0 Å². The molecule has 3 rings (SSSR count). The minimum absolute atomic E-state index is 0.217. The van der Waals surface area contributed by atoms with Crippen LogP contribution in [0.15, 0.2) is 42.7 Å². The number of allylic oxidation sites excluding steroid dienone is 1. The van der Waals surface area contributed by atoms with Crippen LogP contribution in [0.25, 0.3) is 0 Å². The van der Waals surface area contributed by atoms with E-state index in [1.165, 1.54) is 51.4 Å². The Hall–Kier alpha value is -3.18. The number of benzene rings is 1. The van der Waals surface area contributed by atoms with Crippen LogP contribution in [0, 0.1) is 23.7 Å². The lowest BCUT2D eigenvalue weighted by Gasteiger charge is -2.33. The molecule has 0 N–H and O–H groups in total. The average Bonchev–Trinajstić information content (AvgIpc) is 3.37. The van der Waals surface area contributed by atoms with Gasteiger partial charge in [0.05, 0.1) is 36.7 Å². The SMILES string of the molecule is C=C=CC1CC(C)CC(C2CC(=O)OC2=O)C1.CCCCCCCCOC(=O)c1ccccc1C(=O)OCCCCCCCC. The number of ether oxygens (including phenoxy) is 3. The molecule has 4 atom stereocenters. The fraction of sp³-hybridized carbons (Fsp3) is 0.658. The molecule has 0 bridgehead atoms. The van der Waals surface area contributed by atoms with E-state index in [0.717, 1.165) is 44.9 Å². The zero-order chi connectivity index (χ0) is 32.9. The fourth-order valence-electron chi connectivity index (χ4n) is 6.28. The van der Waals surface area contributed by atoms with Gasteiger partial charge in [-0.1, -0.05) is 104 Å². The van der Waals surface area contributed by atoms with Gasteiger partial charge in [-0.05, 0) is 68.1 Å². The predicted molar refractivity (Wildman–Crippen MR) is 177 cm³/mol. The van der Waals surface area contributed by atoms with Crippen LogP contribution in [0.3, 0.4) is 0 Å². The molecule has 7 nitrogen and oxygen atoms in total. The molecule has 1 aliphatic heterocycles. The molecule has 45 heavy (non-hydrogen) atoms. The Morgan fingerprint density at radius 2 is 1.33 bits per heavy atom. The van der Waals surface area contributed by atoms with Gasteiger partial charge in [0, 0.05) is 0 Å². The molecule has 0 aromatic heterocycles. The van der Waals surface area contributed by atoms with E-state index in [1.54, 1.807) is 24.3 Å². The molecule has 1 saturated heterocycles. The van der Waals surface area contributed by atoms with Crippen molar-refractivity contribution < 1.29 is 33.4 Å². The van der Waals surface area contributed by atoms with Gasteiger partial charge in [-0.25, -0.2) is 9.59 Å². The molecule has 1 aromatic carbocycles. The van der Waals surface area contributed by atoms with Crippen molar-refractivity contribution in [1.29, 1.82) is 0 Å². The van der Waals surface area contributed by atoms with Crippen molar-refractivity contribution in [3.8, 4) is 0 Å². The molecule has 0 radical (unpaired) electrons. The summed E-state index contributed by atoms with van der Waals surface area (Å²) >= 11 is 0. The van der Waals surface area contributed by atoms with Crippen molar-refractivity contribution in [2.75, 3.05) is 13.2 Å². The second-order valence-electron chi connectivity index (χ2n) is 12.7. The van der Waals surface area contributed by atoms with Crippen molar-refractivity contribution in [2.45, 2.75) is 124 Å². The van der Waals surface area contributed by atoms with E-state index in [4.69, 9.17) is 9.47 Å². The predicted octanol–water partition coefficient (Wildman–Crippen LogP) is 9.19. The maximum atomic E-state index is 12.4. The van der Waals surface area contributed by atoms with Crippen molar-refractivity contribution in [2.24, 2.45) is 23.7 Å². The van der Waals surface area contributed by atoms with Gasteiger partial charge in [-0.3, -0.25) is 9.59 Å². The number of hydrogen-bond acceptors (Lipinski definition) is 7. The Morgan fingerprint density at radius 1 is 0.822 bits per heavy atom. The number of hydrogen-bond donors (Lipinski definition) is 0. The van der Waals surface area contributed by atoms with E-state index in [0.29, 0.717) is 36.2 Å². The zero-order valence-corrected chi connectivity index (χ0v) is 28.0. The molecule has 4 unspecified atom stereocenters. The van der Waals surface area contributed by atoms with Crippen molar-refractivity contribution in [3.63, 3.8) is 0 Å². The summed E-state index contributed by atoms with van der Waals surface area (Å²) in [7, 11) is 0. The van der Waals surface area contributed by atoms with E-state index in [-0.39, 0.29) is 30.2 Å².